The number of hydrogen-bond acceptors (Lipinski definition) is 1. The molecule has 0 bridgehead atoms. The van der Waals surface area contributed by atoms with E-state index in [1.54, 1.807) is 30.5 Å². The Balaban J connectivity index is 0.00000106. The van der Waals surface area contributed by atoms with Gasteiger partial charge >= 0.3 is 0 Å². The molecule has 1 aromatic carbocycles. The lowest BCUT2D eigenvalue weighted by molar-refractivity contribution is 1.42. The Bertz CT molecular complexity index is 377. The van der Waals surface area contributed by atoms with E-state index in [0.717, 1.165) is 11.1 Å². The van der Waals surface area contributed by atoms with Crippen LogP contribution in [0.5, 0.6) is 0 Å². The summed E-state index contributed by atoms with van der Waals surface area (Å²) >= 11 is 0. The monoisotopic (exact) mass is 212 g/mol. The molecule has 0 amide bonds. The van der Waals surface area contributed by atoms with Gasteiger partial charge in [0.1, 0.15) is 7.85 Å². The van der Waals surface area contributed by atoms with Gasteiger partial charge in [0.2, 0.25) is 0 Å². The molecule has 0 heterocycles. The molecular formula is C13H17BN2. The highest BCUT2D eigenvalue weighted by Gasteiger charge is 1.96. The van der Waals surface area contributed by atoms with Gasteiger partial charge in [-0.2, -0.15) is 0 Å². The maximum Gasteiger partial charge on any atom is 0.151 e. The smallest absolute Gasteiger partial charge is 0.151 e. The van der Waals surface area contributed by atoms with E-state index in [1.165, 1.54) is 0 Å². The van der Waals surface area contributed by atoms with Gasteiger partial charge in [-0.25, -0.2) is 4.99 Å². The molecule has 0 aliphatic rings. The van der Waals surface area contributed by atoms with Crippen molar-refractivity contribution in [2.24, 2.45) is 4.99 Å². The molecule has 1 aromatic rings. The lowest BCUT2D eigenvalue weighted by Gasteiger charge is -1.98. The summed E-state index contributed by atoms with van der Waals surface area (Å²) in [6, 6.07) is 7.04. The quantitative estimate of drug-likeness (QED) is 0.444. The van der Waals surface area contributed by atoms with Crippen molar-refractivity contribution in [2.45, 2.75) is 20.8 Å². The van der Waals surface area contributed by atoms with Gasteiger partial charge in [0.25, 0.3) is 0 Å². The molecule has 0 saturated carbocycles. The third kappa shape index (κ3) is 5.30. The second-order valence-electron chi connectivity index (χ2n) is 3.08. The highest BCUT2D eigenvalue weighted by Crippen LogP contribution is 1.99. The van der Waals surface area contributed by atoms with Gasteiger partial charge in [0.15, 0.2) is 5.84 Å². The van der Waals surface area contributed by atoms with E-state index in [-0.39, 0.29) is 5.84 Å². The molecule has 82 valence electrons. The molecule has 0 atom stereocenters. The van der Waals surface area contributed by atoms with Crippen LogP contribution >= 0.6 is 0 Å². The van der Waals surface area contributed by atoms with Crippen molar-refractivity contribution < 1.29 is 0 Å². The van der Waals surface area contributed by atoms with Gasteiger partial charge in [0.05, 0.1) is 0 Å². The third-order valence-corrected chi connectivity index (χ3v) is 1.60. The normalized spacial score (nSPS) is 9.44. The first kappa shape index (κ1) is 14.4. The number of aliphatic imine (C=N–C) groups is 1. The zero-order valence-electron chi connectivity index (χ0n) is 10.1. The Labute approximate surface area is 99.0 Å². The number of allylic oxidation sites excluding steroid dienone is 1. The van der Waals surface area contributed by atoms with Gasteiger partial charge in [-0.3, -0.25) is 5.41 Å². The third-order valence-electron chi connectivity index (χ3n) is 1.60. The zero-order chi connectivity index (χ0) is 12.6. The number of nitrogens with zero attached hydrogens (tertiary/aromatic N) is 1. The van der Waals surface area contributed by atoms with E-state index in [0.29, 0.717) is 5.46 Å². The molecule has 0 fully saturated rings. The van der Waals surface area contributed by atoms with Gasteiger partial charge in [0, 0.05) is 11.8 Å². The minimum Gasteiger partial charge on any atom is -0.282 e. The first-order valence-electron chi connectivity index (χ1n) is 5.23. The summed E-state index contributed by atoms with van der Waals surface area (Å²) in [5.41, 5.74) is 2.26. The van der Waals surface area contributed by atoms with E-state index in [1.807, 2.05) is 20.8 Å². The van der Waals surface area contributed by atoms with Crippen molar-refractivity contribution in [1.29, 1.82) is 5.41 Å². The van der Waals surface area contributed by atoms with Gasteiger partial charge in [-0.15, -0.1) is 0 Å². The van der Waals surface area contributed by atoms with Crippen LogP contribution in [0.4, 0.5) is 0 Å². The van der Waals surface area contributed by atoms with Crippen LogP contribution in [0.3, 0.4) is 0 Å². The largest absolute Gasteiger partial charge is 0.282 e. The van der Waals surface area contributed by atoms with Crippen LogP contribution in [0.25, 0.3) is 0 Å². The zero-order valence-corrected chi connectivity index (χ0v) is 10.1. The molecule has 1 N–H and O–H groups in total. The second-order valence-corrected chi connectivity index (χ2v) is 3.08. The molecule has 16 heavy (non-hydrogen) atoms. The molecule has 2 radical (unpaired) electrons. The molecule has 2 nitrogen and oxygen atoms in total. The lowest BCUT2D eigenvalue weighted by Crippen LogP contribution is -2.03. The average molecular weight is 212 g/mol. The first-order valence-corrected chi connectivity index (χ1v) is 5.23. The van der Waals surface area contributed by atoms with Crippen molar-refractivity contribution >= 4 is 25.4 Å². The molecule has 0 aromatic heterocycles. The van der Waals surface area contributed by atoms with Crippen LogP contribution in [0, 0.1) is 5.41 Å². The number of benzene rings is 1. The van der Waals surface area contributed by atoms with E-state index < -0.39 is 0 Å². The Kier molecular flexibility index (Phi) is 6.85. The van der Waals surface area contributed by atoms with Crippen LogP contribution in [-0.4, -0.2) is 19.9 Å². The van der Waals surface area contributed by atoms with Crippen LogP contribution in [0.15, 0.2) is 41.4 Å². The summed E-state index contributed by atoms with van der Waals surface area (Å²) < 4.78 is 0. The predicted molar refractivity (Wildman–Crippen MR) is 73.3 cm³/mol. The molecule has 0 aliphatic carbocycles. The minimum absolute atomic E-state index is 0.216. The molecule has 0 unspecified atom stereocenters. The summed E-state index contributed by atoms with van der Waals surface area (Å²) in [4.78, 5) is 3.94. The summed E-state index contributed by atoms with van der Waals surface area (Å²) in [5, 5.41) is 7.61. The van der Waals surface area contributed by atoms with Crippen LogP contribution in [0.1, 0.15) is 26.3 Å². The van der Waals surface area contributed by atoms with Gasteiger partial charge in [-0.1, -0.05) is 50.2 Å². The Morgan fingerprint density at radius 3 is 2.25 bits per heavy atom. The molecule has 0 spiro atoms. The number of hydrogen-bond donors (Lipinski definition) is 1. The SMILES string of the molecule is CC.[B]c1ccc(C(=N)N=CC(=C)C)cc1. The predicted octanol–water partition coefficient (Wildman–Crippen LogP) is 2.48. The topological polar surface area (TPSA) is 36.2 Å². The maximum atomic E-state index is 7.61. The van der Waals surface area contributed by atoms with Crippen molar-refractivity contribution in [2.75, 3.05) is 0 Å². The van der Waals surface area contributed by atoms with Gasteiger partial charge in [-0.05, 0) is 12.5 Å². The Hall–Kier alpha value is -1.64. The summed E-state index contributed by atoms with van der Waals surface area (Å²) in [6.07, 6.45) is 1.57. The highest BCUT2D eigenvalue weighted by molar-refractivity contribution is 6.32. The maximum absolute atomic E-state index is 7.61. The summed E-state index contributed by atoms with van der Waals surface area (Å²) in [6.45, 7) is 9.50. The van der Waals surface area contributed by atoms with E-state index in [4.69, 9.17) is 13.3 Å². The molecule has 3 heteroatoms. The van der Waals surface area contributed by atoms with Crippen LogP contribution < -0.4 is 5.46 Å². The number of nitrogens with one attached hydrogen (secondary N) is 1. The minimum atomic E-state index is 0.216. The van der Waals surface area contributed by atoms with Crippen molar-refractivity contribution in [1.82, 2.24) is 0 Å². The Morgan fingerprint density at radius 2 is 1.81 bits per heavy atom. The van der Waals surface area contributed by atoms with E-state index in [9.17, 15) is 0 Å². The fourth-order valence-electron chi connectivity index (χ4n) is 0.890. The van der Waals surface area contributed by atoms with Crippen LogP contribution in [-0.2, 0) is 0 Å². The number of rotatable bonds is 2. The molecular weight excluding hydrogens is 195 g/mol. The van der Waals surface area contributed by atoms with Crippen molar-refractivity contribution in [3.05, 3.63) is 42.0 Å². The van der Waals surface area contributed by atoms with E-state index >= 15 is 0 Å². The standard InChI is InChI=1S/C11H11BN2.C2H6/c1-8(2)7-14-11(13)9-3-5-10(12)6-4-9;1-2/h3-7,13H,1H2,2H3;1-2H3. The molecule has 0 aliphatic heterocycles. The summed E-state index contributed by atoms with van der Waals surface area (Å²) in [7, 11) is 5.53. The molecule has 1 rings (SSSR count). The number of amidine groups is 1. The van der Waals surface area contributed by atoms with Crippen molar-refractivity contribution in [3.8, 4) is 0 Å². The summed E-state index contributed by atoms with van der Waals surface area (Å²) in [5.74, 6) is 0.216. The van der Waals surface area contributed by atoms with E-state index in [2.05, 4.69) is 11.6 Å². The average Bonchev–Trinajstić information content (AvgIpc) is 2.29. The van der Waals surface area contributed by atoms with Crippen molar-refractivity contribution in [3.63, 3.8) is 0 Å². The fourth-order valence-corrected chi connectivity index (χ4v) is 0.890. The lowest BCUT2D eigenvalue weighted by atomic mass is 9.95. The second kappa shape index (κ2) is 7.63. The van der Waals surface area contributed by atoms with Gasteiger partial charge < -0.3 is 0 Å². The van der Waals surface area contributed by atoms with Crippen LogP contribution in [0.2, 0.25) is 0 Å². The fraction of sp³-hybridized carbons (Fsp3) is 0.231. The Morgan fingerprint density at radius 1 is 1.31 bits per heavy atom. The first-order chi connectivity index (χ1) is 7.59. The molecule has 0 saturated heterocycles. The highest BCUT2D eigenvalue weighted by atomic mass is 14.8.